The molecule has 0 spiro atoms. The second-order valence-electron chi connectivity index (χ2n) is 10.9. The van der Waals surface area contributed by atoms with Gasteiger partial charge >= 0.3 is 35.3 Å². The number of hydrogen-bond acceptors (Lipinski definition) is 12. The van der Waals surface area contributed by atoms with E-state index in [4.69, 9.17) is 14.2 Å². The van der Waals surface area contributed by atoms with Crippen molar-refractivity contribution in [1.82, 2.24) is 19.6 Å². The van der Waals surface area contributed by atoms with Gasteiger partial charge in [0.2, 0.25) is 9.84 Å². The van der Waals surface area contributed by atoms with E-state index in [-0.39, 0.29) is 18.0 Å². The van der Waals surface area contributed by atoms with Crippen molar-refractivity contribution in [3.8, 4) is 0 Å². The first kappa shape index (κ1) is 32.2. The molecule has 2 saturated heterocycles. The van der Waals surface area contributed by atoms with Crippen LogP contribution in [-0.2, 0) is 38.4 Å². The molecule has 0 saturated carbocycles. The summed E-state index contributed by atoms with van der Waals surface area (Å²) in [5.74, 6) is -7.18. The van der Waals surface area contributed by atoms with Crippen LogP contribution < -0.4 is 0 Å². The lowest BCUT2D eigenvalue weighted by molar-refractivity contribution is -0.306. The van der Waals surface area contributed by atoms with Crippen molar-refractivity contribution in [3.63, 3.8) is 0 Å². The van der Waals surface area contributed by atoms with E-state index in [1.54, 1.807) is 34.3 Å². The zero-order chi connectivity index (χ0) is 30.8. The van der Waals surface area contributed by atoms with Gasteiger partial charge in [-0.1, -0.05) is 18.2 Å². The molecule has 2 heterocycles. The number of likely N-dealkylation sites (N-methyl/N-ethyl adjacent to an activating group) is 2. The van der Waals surface area contributed by atoms with Crippen LogP contribution in [0.15, 0.2) is 35.2 Å². The smallest absolute Gasteiger partial charge is 0.401 e. The van der Waals surface area contributed by atoms with Crippen LogP contribution >= 0.6 is 0 Å². The molecule has 3 unspecified atom stereocenters. The van der Waals surface area contributed by atoms with E-state index in [0.29, 0.717) is 13.1 Å². The minimum Gasteiger partial charge on any atom is -0.434 e. The Morgan fingerprint density at radius 2 is 1.46 bits per heavy atom. The molecule has 15 heteroatoms. The molecular weight excluding hydrogens is 560 g/mol. The summed E-state index contributed by atoms with van der Waals surface area (Å²) >= 11 is 0. The zero-order valence-electron chi connectivity index (χ0n) is 24.1. The standard InChI is InChI=1S/C26H38N4O10S/c1-18(2)30(24(34)29(14-12-27(3)4)15-13-28(5)6)26-23(41(36,37)19-10-8-7-9-11-19)38-20(31)16-25(35,22(33)40-26)17-21(32)39-26/h7-11,18,23,35H,12-17H2,1-6H3. The molecule has 1 N–H and O–H groups in total. The van der Waals surface area contributed by atoms with Crippen LogP contribution in [0.1, 0.15) is 26.7 Å². The number of nitrogens with zero attached hydrogens (tertiary/aromatic N) is 4. The normalized spacial score (nSPS) is 24.8. The number of cyclic esters (lactones) is 1. The van der Waals surface area contributed by atoms with Crippen LogP contribution in [0.4, 0.5) is 4.79 Å². The van der Waals surface area contributed by atoms with E-state index in [9.17, 15) is 32.7 Å². The third-order valence-corrected chi connectivity index (χ3v) is 8.49. The Labute approximate surface area is 239 Å². The highest BCUT2D eigenvalue weighted by Gasteiger charge is 2.68. The lowest BCUT2D eigenvalue weighted by Crippen LogP contribution is -2.70. The maximum Gasteiger partial charge on any atom is 0.401 e. The average molecular weight is 599 g/mol. The Morgan fingerprint density at radius 1 is 0.927 bits per heavy atom. The molecule has 3 atom stereocenters. The Kier molecular flexibility index (Phi) is 9.68. The van der Waals surface area contributed by atoms with Gasteiger partial charge in [0.25, 0.3) is 0 Å². The molecule has 2 fully saturated rings. The molecule has 2 amide bonds. The van der Waals surface area contributed by atoms with E-state index in [0.717, 1.165) is 4.90 Å². The number of ether oxygens (including phenoxy) is 3. The van der Waals surface area contributed by atoms with E-state index < -0.39 is 69.6 Å². The molecule has 0 aliphatic carbocycles. The van der Waals surface area contributed by atoms with Crippen molar-refractivity contribution in [3.05, 3.63) is 30.3 Å². The summed E-state index contributed by atoms with van der Waals surface area (Å²) in [5.41, 5.74) is -5.21. The second-order valence-corrected chi connectivity index (χ2v) is 12.9. The van der Waals surface area contributed by atoms with Crippen LogP contribution in [0.3, 0.4) is 0 Å². The lowest BCUT2D eigenvalue weighted by atomic mass is 9.96. The second kappa shape index (κ2) is 12.3. The third-order valence-electron chi connectivity index (χ3n) is 6.61. The zero-order valence-corrected chi connectivity index (χ0v) is 24.9. The number of hydrogen-bond donors (Lipinski definition) is 1. The molecule has 2 bridgehead atoms. The first-order valence-electron chi connectivity index (χ1n) is 13.1. The van der Waals surface area contributed by atoms with Gasteiger partial charge in [0, 0.05) is 32.2 Å². The molecule has 0 aromatic heterocycles. The summed E-state index contributed by atoms with van der Waals surface area (Å²) in [7, 11) is 2.41. The van der Waals surface area contributed by atoms with Crippen LogP contribution in [-0.4, -0.2) is 134 Å². The number of amides is 2. The van der Waals surface area contributed by atoms with Gasteiger partial charge in [-0.3, -0.25) is 9.59 Å². The number of sulfone groups is 1. The number of fused-ring (bicyclic) bond motifs is 3. The van der Waals surface area contributed by atoms with Crippen molar-refractivity contribution in [2.75, 3.05) is 54.4 Å². The number of rotatable bonds is 10. The maximum atomic E-state index is 14.3. The SMILES string of the molecule is CC(C)N(C(=O)N(CCN(C)C)CCN(C)C)C12OC(=O)CC(O)(CC(=O)OC1S(=O)(=O)c1ccccc1)C(=O)O2. The van der Waals surface area contributed by atoms with Gasteiger partial charge in [-0.05, 0) is 54.2 Å². The Bertz CT molecular complexity index is 1240. The number of benzene rings is 1. The Hall–Kier alpha value is -3.27. The number of aliphatic hydroxyl groups is 1. The third kappa shape index (κ3) is 6.80. The molecule has 3 rings (SSSR count). The van der Waals surface area contributed by atoms with Crippen molar-refractivity contribution < 1.29 is 46.9 Å². The molecule has 41 heavy (non-hydrogen) atoms. The first-order chi connectivity index (χ1) is 19.0. The van der Waals surface area contributed by atoms with Crippen LogP contribution in [0, 0.1) is 0 Å². The van der Waals surface area contributed by atoms with Crippen LogP contribution in [0.2, 0.25) is 0 Å². The quantitative estimate of drug-likeness (QED) is 0.355. The summed E-state index contributed by atoms with van der Waals surface area (Å²) < 4.78 is 44.6. The summed E-state index contributed by atoms with van der Waals surface area (Å²) in [4.78, 5) is 59.3. The molecular formula is C26H38N4O10S. The number of urea groups is 1. The number of carbonyl (C=O) groups is 4. The van der Waals surface area contributed by atoms with E-state index >= 15 is 0 Å². The highest BCUT2D eigenvalue weighted by molar-refractivity contribution is 7.92. The molecule has 1 aromatic rings. The van der Waals surface area contributed by atoms with Gasteiger partial charge in [-0.15, -0.1) is 0 Å². The predicted molar refractivity (Wildman–Crippen MR) is 144 cm³/mol. The predicted octanol–water partition coefficient (Wildman–Crippen LogP) is -0.136. The van der Waals surface area contributed by atoms with Gasteiger partial charge in [-0.25, -0.2) is 22.9 Å². The fourth-order valence-corrected chi connectivity index (χ4v) is 6.10. The van der Waals surface area contributed by atoms with Gasteiger partial charge in [0.05, 0.1) is 17.7 Å². The summed E-state index contributed by atoms with van der Waals surface area (Å²) in [5, 5.41) is 10.9. The molecule has 2 aliphatic rings. The fraction of sp³-hybridized carbons (Fsp3) is 0.615. The van der Waals surface area contributed by atoms with Crippen molar-refractivity contribution in [2.45, 2.75) is 54.6 Å². The van der Waals surface area contributed by atoms with E-state index in [1.807, 2.05) is 9.80 Å². The van der Waals surface area contributed by atoms with Gasteiger partial charge in [0.1, 0.15) is 0 Å². The monoisotopic (exact) mass is 598 g/mol. The molecule has 14 nitrogen and oxygen atoms in total. The summed E-state index contributed by atoms with van der Waals surface area (Å²) in [6.07, 6.45) is -2.09. The van der Waals surface area contributed by atoms with Gasteiger partial charge in [0.15, 0.2) is 5.60 Å². The molecule has 1 aromatic carbocycles. The first-order valence-corrected chi connectivity index (χ1v) is 14.6. The largest absolute Gasteiger partial charge is 0.434 e. The Morgan fingerprint density at radius 3 is 1.98 bits per heavy atom. The average Bonchev–Trinajstić information content (AvgIpc) is 2.92. The summed E-state index contributed by atoms with van der Waals surface area (Å²) in [6.45, 7) is 4.15. The highest BCUT2D eigenvalue weighted by Crippen LogP contribution is 2.42. The number of esters is 3. The van der Waals surface area contributed by atoms with Crippen molar-refractivity contribution in [1.29, 1.82) is 0 Å². The molecule has 2 aliphatic heterocycles. The van der Waals surface area contributed by atoms with Crippen LogP contribution in [0.25, 0.3) is 0 Å². The Balaban J connectivity index is 2.29. The minimum atomic E-state index is -4.81. The van der Waals surface area contributed by atoms with Crippen molar-refractivity contribution in [2.24, 2.45) is 0 Å². The van der Waals surface area contributed by atoms with Crippen molar-refractivity contribution >= 4 is 33.8 Å². The van der Waals surface area contributed by atoms with Gasteiger partial charge < -0.3 is 34.0 Å². The summed E-state index contributed by atoms with van der Waals surface area (Å²) in [6, 6.07) is 5.01. The van der Waals surface area contributed by atoms with E-state index in [1.165, 1.54) is 43.0 Å². The lowest BCUT2D eigenvalue weighted by Gasteiger charge is -2.47. The fourth-order valence-electron chi connectivity index (χ4n) is 4.48. The molecule has 228 valence electrons. The van der Waals surface area contributed by atoms with Gasteiger partial charge in [-0.2, -0.15) is 0 Å². The van der Waals surface area contributed by atoms with Crippen LogP contribution in [0.5, 0.6) is 0 Å². The molecule has 0 radical (unpaired) electrons. The maximum absolute atomic E-state index is 14.3. The highest BCUT2D eigenvalue weighted by atomic mass is 32.2. The number of carbonyl (C=O) groups excluding carboxylic acids is 4. The van der Waals surface area contributed by atoms with E-state index in [2.05, 4.69) is 0 Å². The minimum absolute atomic E-state index is 0.167. The topological polar surface area (TPSA) is 163 Å².